The average molecular weight is 173 g/mol. The van der Waals surface area contributed by atoms with Gasteiger partial charge in [0.25, 0.3) is 0 Å². The van der Waals surface area contributed by atoms with Crippen molar-refractivity contribution in [3.05, 3.63) is 0 Å². The summed E-state index contributed by atoms with van der Waals surface area (Å²) in [6.07, 6.45) is 3.29. The highest BCUT2D eigenvalue weighted by molar-refractivity contribution is 5.32. The Morgan fingerprint density at radius 3 is 2.75 bits per heavy atom. The first-order valence-corrected chi connectivity index (χ1v) is 3.90. The monoisotopic (exact) mass is 173 g/mol. The quantitative estimate of drug-likeness (QED) is 0.324. The molecule has 1 unspecified atom stereocenters. The first kappa shape index (κ1) is 11.3. The minimum absolute atomic E-state index is 0.108. The predicted molar refractivity (Wildman–Crippen MR) is 44.9 cm³/mol. The number of hydrogen-bond acceptors (Lipinski definition) is 4. The van der Waals surface area contributed by atoms with Gasteiger partial charge in [-0.05, 0) is 12.8 Å². The second-order valence-corrected chi connectivity index (χ2v) is 2.43. The molecule has 0 aliphatic carbocycles. The number of ether oxygens (including phenoxy) is 2. The molecule has 0 N–H and O–H groups in total. The third-order valence-corrected chi connectivity index (χ3v) is 1.55. The summed E-state index contributed by atoms with van der Waals surface area (Å²) in [6, 6.07) is 0. The second-order valence-electron chi connectivity index (χ2n) is 2.43. The molecule has 0 aromatic rings. The second kappa shape index (κ2) is 8.40. The Labute approximate surface area is 72.6 Å². The number of rotatable bonds is 7. The molecule has 0 aliphatic heterocycles. The highest BCUT2D eigenvalue weighted by Gasteiger charge is 2.04. The Hall–Kier alpha value is -0.700. The maximum absolute atomic E-state index is 9.70. The van der Waals surface area contributed by atoms with Crippen LogP contribution in [0.4, 0.5) is 0 Å². The molecule has 12 heavy (non-hydrogen) atoms. The van der Waals surface area contributed by atoms with E-state index in [2.05, 4.69) is 4.99 Å². The summed E-state index contributed by atoms with van der Waals surface area (Å²) in [7, 11) is 3.28. The molecule has 0 rings (SSSR count). The summed E-state index contributed by atoms with van der Waals surface area (Å²) in [6.45, 7) is 1.11. The SMILES string of the molecule is COCC(CCCN=C=O)OC. The highest BCUT2D eigenvalue weighted by atomic mass is 16.5. The largest absolute Gasteiger partial charge is 0.382 e. The van der Waals surface area contributed by atoms with E-state index < -0.39 is 0 Å². The van der Waals surface area contributed by atoms with Crippen LogP contribution >= 0.6 is 0 Å². The van der Waals surface area contributed by atoms with Crippen LogP contribution in [0, 0.1) is 0 Å². The zero-order valence-corrected chi connectivity index (χ0v) is 7.58. The van der Waals surface area contributed by atoms with Crippen molar-refractivity contribution < 1.29 is 14.3 Å². The normalized spacial score (nSPS) is 12.2. The molecule has 0 saturated carbocycles. The van der Waals surface area contributed by atoms with Gasteiger partial charge in [-0.25, -0.2) is 9.79 Å². The van der Waals surface area contributed by atoms with Gasteiger partial charge < -0.3 is 9.47 Å². The van der Waals surface area contributed by atoms with E-state index in [0.29, 0.717) is 13.2 Å². The van der Waals surface area contributed by atoms with Crippen molar-refractivity contribution in [2.75, 3.05) is 27.4 Å². The summed E-state index contributed by atoms with van der Waals surface area (Å²) in [4.78, 5) is 13.1. The van der Waals surface area contributed by atoms with Gasteiger partial charge in [-0.2, -0.15) is 0 Å². The Balaban J connectivity index is 3.36. The average Bonchev–Trinajstić information content (AvgIpc) is 2.10. The van der Waals surface area contributed by atoms with Crippen molar-refractivity contribution in [2.24, 2.45) is 4.99 Å². The fraction of sp³-hybridized carbons (Fsp3) is 0.875. The minimum Gasteiger partial charge on any atom is -0.382 e. The Morgan fingerprint density at radius 2 is 2.25 bits per heavy atom. The maximum Gasteiger partial charge on any atom is 0.234 e. The third-order valence-electron chi connectivity index (χ3n) is 1.55. The summed E-state index contributed by atoms with van der Waals surface area (Å²) in [5.41, 5.74) is 0. The molecule has 4 nitrogen and oxygen atoms in total. The molecule has 0 heterocycles. The van der Waals surface area contributed by atoms with Crippen LogP contribution in [0.5, 0.6) is 0 Å². The van der Waals surface area contributed by atoms with E-state index in [0.717, 1.165) is 12.8 Å². The molecule has 0 aromatic carbocycles. The van der Waals surface area contributed by atoms with Crippen LogP contribution < -0.4 is 0 Å². The molecule has 0 bridgehead atoms. The smallest absolute Gasteiger partial charge is 0.234 e. The predicted octanol–water partition coefficient (Wildman–Crippen LogP) is 0.764. The van der Waals surface area contributed by atoms with Crippen molar-refractivity contribution >= 4 is 6.08 Å². The van der Waals surface area contributed by atoms with Crippen molar-refractivity contribution in [3.63, 3.8) is 0 Å². The van der Waals surface area contributed by atoms with Gasteiger partial charge in [0.05, 0.1) is 19.3 Å². The summed E-state index contributed by atoms with van der Waals surface area (Å²) in [5.74, 6) is 0. The zero-order chi connectivity index (χ0) is 9.23. The third kappa shape index (κ3) is 6.04. The number of carbonyl (C=O) groups excluding carboxylic acids is 1. The fourth-order valence-corrected chi connectivity index (χ4v) is 0.899. The number of isocyanates is 1. The molecule has 0 radical (unpaired) electrons. The number of aliphatic imine (C=N–C) groups is 1. The minimum atomic E-state index is 0.108. The lowest BCUT2D eigenvalue weighted by molar-refractivity contribution is 0.0228. The standard InChI is InChI=1S/C8H15NO3/c1-11-6-8(12-2)4-3-5-9-7-10/h8H,3-6H2,1-2H3. The van der Waals surface area contributed by atoms with Crippen LogP contribution in [-0.2, 0) is 14.3 Å². The number of nitrogens with zero attached hydrogens (tertiary/aromatic N) is 1. The van der Waals surface area contributed by atoms with Gasteiger partial charge >= 0.3 is 0 Å². The lowest BCUT2D eigenvalue weighted by Gasteiger charge is -2.12. The topological polar surface area (TPSA) is 47.9 Å². The van der Waals surface area contributed by atoms with Crippen LogP contribution in [0.3, 0.4) is 0 Å². The molecule has 0 amide bonds. The van der Waals surface area contributed by atoms with Gasteiger partial charge in [0.15, 0.2) is 0 Å². The summed E-state index contributed by atoms with van der Waals surface area (Å²) < 4.78 is 10.0. The van der Waals surface area contributed by atoms with Gasteiger partial charge in [-0.1, -0.05) is 0 Å². The Bertz CT molecular complexity index is 143. The molecule has 0 spiro atoms. The first-order chi connectivity index (χ1) is 5.85. The van der Waals surface area contributed by atoms with E-state index in [9.17, 15) is 4.79 Å². The van der Waals surface area contributed by atoms with Gasteiger partial charge in [-0.3, -0.25) is 0 Å². The maximum atomic E-state index is 9.70. The first-order valence-electron chi connectivity index (χ1n) is 3.90. The summed E-state index contributed by atoms with van der Waals surface area (Å²) >= 11 is 0. The molecule has 0 saturated heterocycles. The summed E-state index contributed by atoms with van der Waals surface area (Å²) in [5, 5.41) is 0. The highest BCUT2D eigenvalue weighted by Crippen LogP contribution is 2.01. The molecule has 1 atom stereocenters. The molecule has 0 aliphatic rings. The van der Waals surface area contributed by atoms with E-state index in [1.54, 1.807) is 14.2 Å². The van der Waals surface area contributed by atoms with Gasteiger partial charge in [0.2, 0.25) is 6.08 Å². The number of hydrogen-bond donors (Lipinski definition) is 0. The zero-order valence-electron chi connectivity index (χ0n) is 7.58. The van der Waals surface area contributed by atoms with Gasteiger partial charge in [0, 0.05) is 14.2 Å². The van der Waals surface area contributed by atoms with Gasteiger partial charge in [-0.15, -0.1) is 0 Å². The van der Waals surface area contributed by atoms with E-state index in [-0.39, 0.29) is 6.10 Å². The van der Waals surface area contributed by atoms with Crippen molar-refractivity contribution in [1.29, 1.82) is 0 Å². The Kier molecular flexibility index (Phi) is 7.91. The Morgan fingerprint density at radius 1 is 1.50 bits per heavy atom. The van der Waals surface area contributed by atoms with E-state index in [1.807, 2.05) is 0 Å². The number of methoxy groups -OCH3 is 2. The van der Waals surface area contributed by atoms with Crippen LogP contribution in [0.25, 0.3) is 0 Å². The molecule has 4 heteroatoms. The van der Waals surface area contributed by atoms with E-state index >= 15 is 0 Å². The van der Waals surface area contributed by atoms with Crippen molar-refractivity contribution in [3.8, 4) is 0 Å². The van der Waals surface area contributed by atoms with Crippen LogP contribution in [0.15, 0.2) is 4.99 Å². The van der Waals surface area contributed by atoms with Gasteiger partial charge in [0.1, 0.15) is 0 Å². The molecular formula is C8H15NO3. The van der Waals surface area contributed by atoms with Crippen LogP contribution in [0.1, 0.15) is 12.8 Å². The van der Waals surface area contributed by atoms with Crippen LogP contribution in [-0.4, -0.2) is 39.6 Å². The fourth-order valence-electron chi connectivity index (χ4n) is 0.899. The molecule has 0 aromatic heterocycles. The lowest BCUT2D eigenvalue weighted by Crippen LogP contribution is -2.17. The van der Waals surface area contributed by atoms with Crippen molar-refractivity contribution in [2.45, 2.75) is 18.9 Å². The van der Waals surface area contributed by atoms with E-state index in [4.69, 9.17) is 9.47 Å². The lowest BCUT2D eigenvalue weighted by atomic mass is 10.2. The van der Waals surface area contributed by atoms with Crippen molar-refractivity contribution in [1.82, 2.24) is 0 Å². The van der Waals surface area contributed by atoms with E-state index in [1.165, 1.54) is 6.08 Å². The molecule has 70 valence electrons. The molecule has 0 fully saturated rings. The molecular weight excluding hydrogens is 158 g/mol. The van der Waals surface area contributed by atoms with Crippen LogP contribution in [0.2, 0.25) is 0 Å².